The largest absolute Gasteiger partial charge is 0.394 e. The molecule has 2 aromatic rings. The van der Waals surface area contributed by atoms with Crippen LogP contribution in [0.3, 0.4) is 0 Å². The standard InChI is InChI=1S/C26H26FN3O2/c27-21-12-14-22(15-13-21)29-26(32)30-23(16-28)25(24(30)17-31)20-10-8-19(9-11-20)7-6-18-4-2-1-3-5-18/h8-15,18,23-25,31H,1-5,17H2,(H,29,32)/t23-,24-,25+/m1/s1. The molecule has 0 radical (unpaired) electrons. The molecular weight excluding hydrogens is 405 g/mol. The molecule has 164 valence electrons. The number of nitrogens with one attached hydrogen (secondary N) is 1. The van der Waals surface area contributed by atoms with Gasteiger partial charge >= 0.3 is 6.03 Å². The third-order valence-electron chi connectivity index (χ3n) is 6.38. The van der Waals surface area contributed by atoms with Crippen molar-refractivity contribution in [3.8, 4) is 17.9 Å². The number of nitrogens with zero attached hydrogens (tertiary/aromatic N) is 2. The predicted molar refractivity (Wildman–Crippen MR) is 120 cm³/mol. The van der Waals surface area contributed by atoms with Crippen molar-refractivity contribution in [3.63, 3.8) is 0 Å². The van der Waals surface area contributed by atoms with Gasteiger partial charge in [-0.3, -0.25) is 0 Å². The van der Waals surface area contributed by atoms with Crippen molar-refractivity contribution in [1.29, 1.82) is 5.26 Å². The minimum Gasteiger partial charge on any atom is -0.394 e. The number of carbonyl (C=O) groups is 1. The molecule has 6 heteroatoms. The van der Waals surface area contributed by atoms with E-state index in [1.165, 1.54) is 61.3 Å². The van der Waals surface area contributed by atoms with E-state index in [1.54, 1.807) is 0 Å². The molecule has 2 fully saturated rings. The summed E-state index contributed by atoms with van der Waals surface area (Å²) in [6.45, 7) is -0.261. The summed E-state index contributed by atoms with van der Waals surface area (Å²) >= 11 is 0. The molecule has 3 atom stereocenters. The van der Waals surface area contributed by atoms with E-state index >= 15 is 0 Å². The SMILES string of the molecule is N#C[C@@H]1[C@H](c2ccc(C#CC3CCCCC3)cc2)[C@@H](CO)N1C(=O)Nc1ccc(F)cc1. The fourth-order valence-corrected chi connectivity index (χ4v) is 4.63. The van der Waals surface area contributed by atoms with E-state index in [0.29, 0.717) is 11.6 Å². The van der Waals surface area contributed by atoms with E-state index in [-0.39, 0.29) is 12.5 Å². The zero-order valence-electron chi connectivity index (χ0n) is 17.8. The van der Waals surface area contributed by atoms with E-state index in [4.69, 9.17) is 0 Å². The van der Waals surface area contributed by atoms with Crippen LogP contribution in [0, 0.1) is 34.9 Å². The first-order valence-electron chi connectivity index (χ1n) is 11.1. The summed E-state index contributed by atoms with van der Waals surface area (Å²) in [7, 11) is 0. The molecule has 32 heavy (non-hydrogen) atoms. The summed E-state index contributed by atoms with van der Waals surface area (Å²) < 4.78 is 13.1. The third kappa shape index (κ3) is 4.61. The number of hydrogen-bond donors (Lipinski definition) is 2. The highest BCUT2D eigenvalue weighted by molar-refractivity contribution is 5.91. The Labute approximate surface area is 187 Å². The van der Waals surface area contributed by atoms with Crippen LogP contribution in [0.2, 0.25) is 0 Å². The van der Waals surface area contributed by atoms with Crippen molar-refractivity contribution in [2.24, 2.45) is 5.92 Å². The lowest BCUT2D eigenvalue weighted by molar-refractivity contribution is 0.0224. The highest BCUT2D eigenvalue weighted by Crippen LogP contribution is 2.40. The first-order chi connectivity index (χ1) is 15.6. The first kappa shape index (κ1) is 21.9. The molecule has 1 saturated carbocycles. The Morgan fingerprint density at radius 3 is 2.41 bits per heavy atom. The Morgan fingerprint density at radius 2 is 1.78 bits per heavy atom. The number of aliphatic hydroxyl groups is 1. The zero-order chi connectivity index (χ0) is 22.5. The molecule has 1 aliphatic heterocycles. The summed E-state index contributed by atoms with van der Waals surface area (Å²) in [5, 5.41) is 22.3. The van der Waals surface area contributed by atoms with Crippen LogP contribution in [-0.2, 0) is 0 Å². The van der Waals surface area contributed by atoms with Gasteiger partial charge in [0.1, 0.15) is 11.9 Å². The summed E-state index contributed by atoms with van der Waals surface area (Å²) in [6.07, 6.45) is 6.15. The van der Waals surface area contributed by atoms with Crippen LogP contribution in [0.1, 0.15) is 49.1 Å². The van der Waals surface area contributed by atoms with E-state index < -0.39 is 23.9 Å². The molecule has 0 unspecified atom stereocenters. The number of rotatable bonds is 3. The molecule has 1 aliphatic carbocycles. The van der Waals surface area contributed by atoms with Crippen molar-refractivity contribution >= 4 is 11.7 Å². The maximum absolute atomic E-state index is 13.1. The van der Waals surface area contributed by atoms with Gasteiger partial charge in [-0.05, 0) is 54.8 Å². The Balaban J connectivity index is 1.45. The van der Waals surface area contributed by atoms with Crippen LogP contribution in [0.5, 0.6) is 0 Å². The van der Waals surface area contributed by atoms with Crippen LogP contribution in [0.25, 0.3) is 0 Å². The average Bonchev–Trinajstić information content (AvgIpc) is 2.80. The fourth-order valence-electron chi connectivity index (χ4n) is 4.63. The summed E-state index contributed by atoms with van der Waals surface area (Å²) in [5.74, 6) is 6.42. The van der Waals surface area contributed by atoms with E-state index in [1.807, 2.05) is 24.3 Å². The lowest BCUT2D eigenvalue weighted by Gasteiger charge is -2.51. The number of likely N-dealkylation sites (tertiary alicyclic amines) is 1. The van der Waals surface area contributed by atoms with Crippen LogP contribution in [0.4, 0.5) is 14.9 Å². The third-order valence-corrected chi connectivity index (χ3v) is 6.38. The van der Waals surface area contributed by atoms with E-state index in [0.717, 1.165) is 11.1 Å². The predicted octanol–water partition coefficient (Wildman–Crippen LogP) is 4.64. The lowest BCUT2D eigenvalue weighted by atomic mass is 9.76. The molecule has 2 aliphatic rings. The van der Waals surface area contributed by atoms with Crippen molar-refractivity contribution in [1.82, 2.24) is 4.90 Å². The number of hydrogen-bond acceptors (Lipinski definition) is 3. The van der Waals surface area contributed by atoms with Crippen LogP contribution < -0.4 is 5.32 Å². The first-order valence-corrected chi connectivity index (χ1v) is 11.1. The number of urea groups is 1. The molecule has 2 aromatic carbocycles. The summed E-state index contributed by atoms with van der Waals surface area (Å²) in [5.41, 5.74) is 2.25. The molecule has 5 nitrogen and oxygen atoms in total. The number of anilines is 1. The summed E-state index contributed by atoms with van der Waals surface area (Å²) in [6, 6.07) is 13.6. The van der Waals surface area contributed by atoms with Crippen LogP contribution >= 0.6 is 0 Å². The Hall–Kier alpha value is -3.35. The number of halogens is 1. The lowest BCUT2D eigenvalue weighted by Crippen LogP contribution is -2.66. The molecular formula is C26H26FN3O2. The van der Waals surface area contributed by atoms with E-state index in [2.05, 4.69) is 23.2 Å². The second kappa shape index (κ2) is 9.85. The van der Waals surface area contributed by atoms with Gasteiger partial charge < -0.3 is 15.3 Å². The maximum Gasteiger partial charge on any atom is 0.323 e. The number of carbonyl (C=O) groups excluding carboxylic acids is 1. The second-order valence-electron chi connectivity index (χ2n) is 8.42. The van der Waals surface area contributed by atoms with Crippen LogP contribution in [-0.4, -0.2) is 34.7 Å². The van der Waals surface area contributed by atoms with Gasteiger partial charge in [0.05, 0.1) is 18.7 Å². The molecule has 2 N–H and O–H groups in total. The fraction of sp³-hybridized carbons (Fsp3) is 0.385. The monoisotopic (exact) mass is 431 g/mol. The van der Waals surface area contributed by atoms with Gasteiger partial charge in [0.15, 0.2) is 0 Å². The van der Waals surface area contributed by atoms with Gasteiger partial charge in [-0.15, -0.1) is 0 Å². The zero-order valence-corrected chi connectivity index (χ0v) is 17.8. The van der Waals surface area contributed by atoms with Gasteiger partial charge in [0, 0.05) is 23.1 Å². The molecule has 1 heterocycles. The number of benzene rings is 2. The smallest absolute Gasteiger partial charge is 0.323 e. The van der Waals surface area contributed by atoms with Gasteiger partial charge in [0.2, 0.25) is 0 Å². The molecule has 0 spiro atoms. The molecule has 0 bridgehead atoms. The van der Waals surface area contributed by atoms with Crippen molar-refractivity contribution < 1.29 is 14.3 Å². The average molecular weight is 432 g/mol. The van der Waals surface area contributed by atoms with Crippen LogP contribution in [0.15, 0.2) is 48.5 Å². The maximum atomic E-state index is 13.1. The Morgan fingerprint density at radius 1 is 1.09 bits per heavy atom. The minimum absolute atomic E-state index is 0.261. The molecule has 1 saturated heterocycles. The number of amides is 2. The molecule has 2 amide bonds. The topological polar surface area (TPSA) is 76.4 Å². The molecule has 4 rings (SSSR count). The van der Waals surface area contributed by atoms with Crippen molar-refractivity contribution in [3.05, 3.63) is 65.5 Å². The van der Waals surface area contributed by atoms with Gasteiger partial charge in [-0.2, -0.15) is 5.26 Å². The highest BCUT2D eigenvalue weighted by atomic mass is 19.1. The van der Waals surface area contributed by atoms with Gasteiger partial charge in [0.25, 0.3) is 0 Å². The highest BCUT2D eigenvalue weighted by Gasteiger charge is 2.51. The van der Waals surface area contributed by atoms with Crippen molar-refractivity contribution in [2.75, 3.05) is 11.9 Å². The van der Waals surface area contributed by atoms with E-state index in [9.17, 15) is 19.6 Å². The normalized spacial score (nSPS) is 22.8. The Kier molecular flexibility index (Phi) is 6.73. The minimum atomic E-state index is -0.702. The van der Waals surface area contributed by atoms with Gasteiger partial charge in [-0.25, -0.2) is 9.18 Å². The number of nitriles is 1. The Bertz CT molecular complexity index is 1040. The second-order valence-corrected chi connectivity index (χ2v) is 8.42. The summed E-state index contributed by atoms with van der Waals surface area (Å²) in [4.78, 5) is 14.1. The number of aliphatic hydroxyl groups excluding tert-OH is 1. The molecule has 0 aromatic heterocycles. The van der Waals surface area contributed by atoms with Gasteiger partial charge in [-0.1, -0.05) is 43.2 Å². The van der Waals surface area contributed by atoms with Crippen molar-refractivity contribution in [2.45, 2.75) is 50.1 Å². The quantitative estimate of drug-likeness (QED) is 0.695.